The van der Waals surface area contributed by atoms with Gasteiger partial charge in [-0.1, -0.05) is 18.2 Å². The van der Waals surface area contributed by atoms with E-state index in [0.717, 1.165) is 30.1 Å². The summed E-state index contributed by atoms with van der Waals surface area (Å²) < 4.78 is 24.1. The second-order valence-electron chi connectivity index (χ2n) is 6.09. The Bertz CT molecular complexity index is 745. The number of ether oxygens (including phenoxy) is 2. The molecule has 0 radical (unpaired) electrons. The first-order chi connectivity index (χ1) is 12.7. The van der Waals surface area contributed by atoms with Crippen LogP contribution in [0.15, 0.2) is 48.5 Å². The minimum atomic E-state index is -0.265. The van der Waals surface area contributed by atoms with E-state index in [-0.39, 0.29) is 11.9 Å². The van der Waals surface area contributed by atoms with Crippen LogP contribution in [0.1, 0.15) is 12.5 Å². The van der Waals surface area contributed by atoms with Crippen LogP contribution in [0.25, 0.3) is 0 Å². The molecule has 0 bridgehead atoms. The van der Waals surface area contributed by atoms with Crippen molar-refractivity contribution in [2.24, 2.45) is 0 Å². The van der Waals surface area contributed by atoms with Crippen LogP contribution in [-0.4, -0.2) is 43.8 Å². The highest BCUT2D eigenvalue weighted by Crippen LogP contribution is 2.23. The van der Waals surface area contributed by atoms with Gasteiger partial charge in [0.15, 0.2) is 0 Å². The quantitative estimate of drug-likeness (QED) is 0.818. The molecule has 1 aliphatic rings. The zero-order valence-electron chi connectivity index (χ0n) is 14.9. The van der Waals surface area contributed by atoms with Crippen LogP contribution in [0, 0.1) is 5.82 Å². The Morgan fingerprint density at radius 2 is 1.85 bits per heavy atom. The predicted molar refractivity (Wildman–Crippen MR) is 98.0 cm³/mol. The van der Waals surface area contributed by atoms with Crippen LogP contribution in [0.4, 0.5) is 14.9 Å². The average Bonchev–Trinajstić information content (AvgIpc) is 2.67. The maximum absolute atomic E-state index is 13.2. The summed E-state index contributed by atoms with van der Waals surface area (Å²) in [7, 11) is 0. The fourth-order valence-electron chi connectivity index (χ4n) is 2.93. The fraction of sp³-hybridized carbons (Fsp3) is 0.350. The van der Waals surface area contributed by atoms with Crippen molar-refractivity contribution in [3.63, 3.8) is 0 Å². The van der Waals surface area contributed by atoms with Crippen LogP contribution in [-0.2, 0) is 11.3 Å². The Kier molecular flexibility index (Phi) is 5.94. The second kappa shape index (κ2) is 8.56. The largest absolute Gasteiger partial charge is 0.489 e. The SMILES string of the molecule is CCOC(=O)N1CCN(c2cccc(OCc3cccc(F)c3)c2)CC1. The lowest BCUT2D eigenvalue weighted by Gasteiger charge is -2.35. The number of anilines is 1. The van der Waals surface area contributed by atoms with Crippen LogP contribution < -0.4 is 9.64 Å². The zero-order valence-corrected chi connectivity index (χ0v) is 14.9. The first-order valence-electron chi connectivity index (χ1n) is 8.79. The van der Waals surface area contributed by atoms with Crippen molar-refractivity contribution >= 4 is 11.8 Å². The molecule has 0 N–H and O–H groups in total. The summed E-state index contributed by atoms with van der Waals surface area (Å²) in [5.41, 5.74) is 1.84. The number of carbonyl (C=O) groups is 1. The van der Waals surface area contributed by atoms with Crippen molar-refractivity contribution in [1.82, 2.24) is 4.90 Å². The summed E-state index contributed by atoms with van der Waals surface area (Å²) in [5.74, 6) is 0.471. The Morgan fingerprint density at radius 3 is 2.58 bits per heavy atom. The number of halogens is 1. The normalized spacial score (nSPS) is 14.2. The van der Waals surface area contributed by atoms with Gasteiger partial charge in [-0.25, -0.2) is 9.18 Å². The van der Waals surface area contributed by atoms with Gasteiger partial charge < -0.3 is 19.3 Å². The van der Waals surface area contributed by atoms with Crippen molar-refractivity contribution in [2.75, 3.05) is 37.7 Å². The van der Waals surface area contributed by atoms with Crippen LogP contribution in [0.2, 0.25) is 0 Å². The van der Waals surface area contributed by atoms with Crippen molar-refractivity contribution in [2.45, 2.75) is 13.5 Å². The molecule has 1 amide bonds. The minimum absolute atomic E-state index is 0.251. The van der Waals surface area contributed by atoms with Gasteiger partial charge in [0.05, 0.1) is 6.61 Å². The number of hydrogen-bond donors (Lipinski definition) is 0. The van der Waals surface area contributed by atoms with Gasteiger partial charge in [-0.2, -0.15) is 0 Å². The van der Waals surface area contributed by atoms with Crippen LogP contribution in [0.3, 0.4) is 0 Å². The maximum atomic E-state index is 13.2. The molecule has 0 spiro atoms. The van der Waals surface area contributed by atoms with Gasteiger partial charge >= 0.3 is 6.09 Å². The van der Waals surface area contributed by atoms with Gasteiger partial charge in [-0.05, 0) is 36.8 Å². The number of benzene rings is 2. The van der Waals surface area contributed by atoms with Crippen molar-refractivity contribution < 1.29 is 18.7 Å². The molecule has 5 nitrogen and oxygen atoms in total. The van der Waals surface area contributed by atoms with E-state index >= 15 is 0 Å². The summed E-state index contributed by atoms with van der Waals surface area (Å²) in [6.07, 6.45) is -0.251. The second-order valence-corrected chi connectivity index (χ2v) is 6.09. The van der Waals surface area contributed by atoms with E-state index < -0.39 is 0 Å². The molecule has 2 aromatic carbocycles. The number of nitrogens with zero attached hydrogens (tertiary/aromatic N) is 2. The maximum Gasteiger partial charge on any atom is 0.409 e. The third-order valence-electron chi connectivity index (χ3n) is 4.28. The number of piperazine rings is 1. The zero-order chi connectivity index (χ0) is 18.4. The summed E-state index contributed by atoms with van der Waals surface area (Å²) in [5, 5.41) is 0. The van der Waals surface area contributed by atoms with Crippen molar-refractivity contribution in [1.29, 1.82) is 0 Å². The van der Waals surface area contributed by atoms with E-state index in [1.165, 1.54) is 12.1 Å². The smallest absolute Gasteiger partial charge is 0.409 e. The van der Waals surface area contributed by atoms with Gasteiger partial charge in [0, 0.05) is 37.9 Å². The van der Waals surface area contributed by atoms with Gasteiger partial charge in [0.1, 0.15) is 18.2 Å². The highest BCUT2D eigenvalue weighted by Gasteiger charge is 2.22. The Morgan fingerprint density at radius 1 is 1.08 bits per heavy atom. The standard InChI is InChI=1S/C20H23FN2O3/c1-2-25-20(24)23-11-9-22(10-12-23)18-7-4-8-19(14-18)26-15-16-5-3-6-17(21)13-16/h3-8,13-14H,2,9-12,15H2,1H3. The van der Waals surface area contributed by atoms with Gasteiger partial charge in [0.2, 0.25) is 0 Å². The van der Waals surface area contributed by atoms with Crippen molar-refractivity contribution in [3.8, 4) is 5.75 Å². The molecule has 6 heteroatoms. The monoisotopic (exact) mass is 358 g/mol. The molecule has 1 fully saturated rings. The summed E-state index contributed by atoms with van der Waals surface area (Å²) >= 11 is 0. The highest BCUT2D eigenvalue weighted by atomic mass is 19.1. The molecule has 138 valence electrons. The molecular formula is C20H23FN2O3. The summed E-state index contributed by atoms with van der Waals surface area (Å²) in [6.45, 7) is 5.27. The summed E-state index contributed by atoms with van der Waals surface area (Å²) in [6, 6.07) is 14.2. The first-order valence-corrected chi connectivity index (χ1v) is 8.79. The Balaban J connectivity index is 1.57. The molecular weight excluding hydrogens is 335 g/mol. The molecule has 1 saturated heterocycles. The summed E-state index contributed by atoms with van der Waals surface area (Å²) in [4.78, 5) is 15.7. The van der Waals surface area contributed by atoms with E-state index in [0.29, 0.717) is 26.3 Å². The Hall–Kier alpha value is -2.76. The molecule has 0 aromatic heterocycles. The molecule has 3 rings (SSSR count). The lowest BCUT2D eigenvalue weighted by atomic mass is 10.2. The van der Waals surface area contributed by atoms with Crippen LogP contribution in [0.5, 0.6) is 5.75 Å². The highest BCUT2D eigenvalue weighted by molar-refractivity contribution is 5.68. The number of carbonyl (C=O) groups excluding carboxylic acids is 1. The van der Waals surface area contributed by atoms with Gasteiger partial charge in [-0.3, -0.25) is 0 Å². The lowest BCUT2D eigenvalue weighted by molar-refractivity contribution is 0.105. The number of amides is 1. The first kappa shape index (κ1) is 18.0. The number of rotatable bonds is 5. The minimum Gasteiger partial charge on any atom is -0.489 e. The predicted octanol–water partition coefficient (Wildman–Crippen LogP) is 3.68. The Labute approximate surface area is 152 Å². The van der Waals surface area contributed by atoms with Crippen LogP contribution >= 0.6 is 0 Å². The molecule has 2 aromatic rings. The molecule has 0 atom stereocenters. The fourth-order valence-corrected chi connectivity index (χ4v) is 2.93. The molecule has 1 heterocycles. The third-order valence-corrected chi connectivity index (χ3v) is 4.28. The van der Waals surface area contributed by atoms with E-state index in [9.17, 15) is 9.18 Å². The molecule has 0 unspecified atom stereocenters. The molecule has 0 aliphatic carbocycles. The van der Waals surface area contributed by atoms with E-state index in [2.05, 4.69) is 4.90 Å². The topological polar surface area (TPSA) is 42.0 Å². The van der Waals surface area contributed by atoms with E-state index in [1.54, 1.807) is 11.0 Å². The molecule has 0 saturated carbocycles. The van der Waals surface area contributed by atoms with Gasteiger partial charge in [0.25, 0.3) is 0 Å². The average molecular weight is 358 g/mol. The van der Waals surface area contributed by atoms with E-state index in [1.807, 2.05) is 37.3 Å². The molecule has 1 aliphatic heterocycles. The molecule has 26 heavy (non-hydrogen) atoms. The third kappa shape index (κ3) is 4.65. The van der Waals surface area contributed by atoms with Crippen molar-refractivity contribution in [3.05, 3.63) is 59.9 Å². The number of hydrogen-bond acceptors (Lipinski definition) is 4. The lowest BCUT2D eigenvalue weighted by Crippen LogP contribution is -2.49. The van der Waals surface area contributed by atoms with Gasteiger partial charge in [-0.15, -0.1) is 0 Å². The van der Waals surface area contributed by atoms with E-state index in [4.69, 9.17) is 9.47 Å².